The zero-order chi connectivity index (χ0) is 17.4. The van der Waals surface area contributed by atoms with Crippen molar-refractivity contribution in [2.24, 2.45) is 16.8 Å². The average Bonchev–Trinajstić information content (AvgIpc) is 3.07. The third-order valence-electron chi connectivity index (χ3n) is 5.32. The quantitative estimate of drug-likeness (QED) is 0.357. The van der Waals surface area contributed by atoms with Crippen LogP contribution in [0.4, 0.5) is 0 Å². The predicted octanol–water partition coefficient (Wildman–Crippen LogP) is 1.76. The molecule has 0 saturated carbocycles. The van der Waals surface area contributed by atoms with Crippen LogP contribution in [0.25, 0.3) is 0 Å². The molecule has 2 aliphatic rings. The van der Waals surface area contributed by atoms with Gasteiger partial charge in [-0.2, -0.15) is 0 Å². The van der Waals surface area contributed by atoms with E-state index in [1.165, 1.54) is 19.5 Å². The molecule has 2 heterocycles. The van der Waals surface area contributed by atoms with Crippen molar-refractivity contribution < 1.29 is 4.79 Å². The minimum Gasteiger partial charge on any atom is -0.359 e. The number of carbonyl (C=O) groups excluding carboxylic acids is 1. The van der Waals surface area contributed by atoms with Crippen molar-refractivity contribution >= 4 is 35.8 Å². The van der Waals surface area contributed by atoms with Crippen molar-refractivity contribution in [3.63, 3.8) is 0 Å². The van der Waals surface area contributed by atoms with E-state index in [1.807, 2.05) is 0 Å². The van der Waals surface area contributed by atoms with E-state index < -0.39 is 0 Å². The Morgan fingerprint density at radius 2 is 1.80 bits per heavy atom. The van der Waals surface area contributed by atoms with Crippen molar-refractivity contribution in [2.75, 3.05) is 52.9 Å². The summed E-state index contributed by atoms with van der Waals surface area (Å²) in [5, 5.41) is 6.19. The number of hydrogen-bond donors (Lipinski definition) is 2. The molecular formula is C18H36IN5O. The molecule has 2 N–H and O–H groups in total. The SMILES string of the molecule is CCNC(=NCC1CCN(CC)C1)N1CCC(CC(=O)NC)CC1.I. The Morgan fingerprint density at radius 3 is 2.36 bits per heavy atom. The molecule has 0 aliphatic carbocycles. The molecule has 1 atom stereocenters. The zero-order valence-electron chi connectivity index (χ0n) is 16.1. The molecule has 0 aromatic heterocycles. The molecule has 146 valence electrons. The topological polar surface area (TPSA) is 60.0 Å². The molecule has 2 rings (SSSR count). The Hall–Kier alpha value is -0.570. The van der Waals surface area contributed by atoms with Crippen molar-refractivity contribution in [3.05, 3.63) is 0 Å². The van der Waals surface area contributed by atoms with Crippen LogP contribution in [0.2, 0.25) is 0 Å². The summed E-state index contributed by atoms with van der Waals surface area (Å²) in [5.74, 6) is 2.43. The molecule has 0 radical (unpaired) electrons. The number of aliphatic imine (C=N–C) groups is 1. The molecule has 1 unspecified atom stereocenters. The van der Waals surface area contributed by atoms with Gasteiger partial charge in [-0.25, -0.2) is 0 Å². The van der Waals surface area contributed by atoms with Gasteiger partial charge in [-0.15, -0.1) is 24.0 Å². The summed E-state index contributed by atoms with van der Waals surface area (Å²) in [5.41, 5.74) is 0. The fourth-order valence-electron chi connectivity index (χ4n) is 3.70. The van der Waals surface area contributed by atoms with Crippen molar-refractivity contribution in [1.29, 1.82) is 0 Å². The Balaban J connectivity index is 0.00000312. The third kappa shape index (κ3) is 7.29. The maximum atomic E-state index is 11.5. The van der Waals surface area contributed by atoms with Crippen LogP contribution in [-0.2, 0) is 4.79 Å². The molecular weight excluding hydrogens is 429 g/mol. The lowest BCUT2D eigenvalue weighted by Crippen LogP contribution is -2.46. The van der Waals surface area contributed by atoms with Gasteiger partial charge in [0.2, 0.25) is 5.91 Å². The third-order valence-corrected chi connectivity index (χ3v) is 5.32. The Kier molecular flexibility index (Phi) is 10.7. The fourth-order valence-corrected chi connectivity index (χ4v) is 3.70. The van der Waals surface area contributed by atoms with Crippen LogP contribution in [0.3, 0.4) is 0 Å². The van der Waals surface area contributed by atoms with Crippen LogP contribution < -0.4 is 10.6 Å². The van der Waals surface area contributed by atoms with Crippen LogP contribution in [0, 0.1) is 11.8 Å². The smallest absolute Gasteiger partial charge is 0.220 e. The second kappa shape index (κ2) is 11.9. The number of nitrogens with zero attached hydrogens (tertiary/aromatic N) is 3. The molecule has 25 heavy (non-hydrogen) atoms. The molecule has 0 aromatic carbocycles. The van der Waals surface area contributed by atoms with Gasteiger partial charge < -0.3 is 20.4 Å². The molecule has 0 aromatic rings. The first-order chi connectivity index (χ1) is 11.7. The summed E-state index contributed by atoms with van der Waals surface area (Å²) in [4.78, 5) is 21.3. The highest BCUT2D eigenvalue weighted by atomic mass is 127. The van der Waals surface area contributed by atoms with Crippen LogP contribution in [0.1, 0.15) is 39.5 Å². The van der Waals surface area contributed by atoms with Gasteiger partial charge in [0.15, 0.2) is 5.96 Å². The molecule has 7 heteroatoms. The number of hydrogen-bond acceptors (Lipinski definition) is 3. The van der Waals surface area contributed by atoms with Crippen LogP contribution in [-0.4, -0.2) is 74.5 Å². The number of guanidine groups is 1. The molecule has 2 saturated heterocycles. The lowest BCUT2D eigenvalue weighted by Gasteiger charge is -2.34. The Bertz CT molecular complexity index is 424. The summed E-state index contributed by atoms with van der Waals surface area (Å²) in [6.07, 6.45) is 4.08. The number of likely N-dealkylation sites (tertiary alicyclic amines) is 2. The van der Waals surface area contributed by atoms with E-state index in [2.05, 4.69) is 34.3 Å². The molecule has 0 bridgehead atoms. The van der Waals surface area contributed by atoms with E-state index in [-0.39, 0.29) is 29.9 Å². The molecule has 6 nitrogen and oxygen atoms in total. The van der Waals surface area contributed by atoms with E-state index in [0.717, 1.165) is 51.5 Å². The normalized spacial score (nSPS) is 22.6. The van der Waals surface area contributed by atoms with Gasteiger partial charge in [-0.05, 0) is 51.1 Å². The maximum Gasteiger partial charge on any atom is 0.220 e. The van der Waals surface area contributed by atoms with Crippen molar-refractivity contribution in [1.82, 2.24) is 20.4 Å². The van der Waals surface area contributed by atoms with Gasteiger partial charge in [0, 0.05) is 46.2 Å². The first-order valence-electron chi connectivity index (χ1n) is 9.62. The van der Waals surface area contributed by atoms with Gasteiger partial charge in [-0.1, -0.05) is 6.92 Å². The van der Waals surface area contributed by atoms with E-state index in [4.69, 9.17) is 4.99 Å². The number of amides is 1. The monoisotopic (exact) mass is 465 g/mol. The number of halogens is 1. The van der Waals surface area contributed by atoms with Gasteiger partial charge in [0.1, 0.15) is 0 Å². The number of carbonyl (C=O) groups is 1. The highest BCUT2D eigenvalue weighted by Crippen LogP contribution is 2.21. The second-order valence-corrected chi connectivity index (χ2v) is 7.05. The maximum absolute atomic E-state index is 11.5. The Morgan fingerprint density at radius 1 is 1.12 bits per heavy atom. The average molecular weight is 465 g/mol. The summed E-state index contributed by atoms with van der Waals surface area (Å²) in [7, 11) is 1.72. The Labute approximate surface area is 170 Å². The minimum atomic E-state index is 0. The summed E-state index contributed by atoms with van der Waals surface area (Å²) < 4.78 is 0. The van der Waals surface area contributed by atoms with Crippen LogP contribution in [0.5, 0.6) is 0 Å². The predicted molar refractivity (Wildman–Crippen MR) is 115 cm³/mol. The van der Waals surface area contributed by atoms with Crippen LogP contribution in [0.15, 0.2) is 4.99 Å². The number of piperidine rings is 1. The first kappa shape index (κ1) is 22.5. The van der Waals surface area contributed by atoms with Gasteiger partial charge in [-0.3, -0.25) is 9.79 Å². The van der Waals surface area contributed by atoms with Crippen molar-refractivity contribution in [3.8, 4) is 0 Å². The van der Waals surface area contributed by atoms with Crippen LogP contribution >= 0.6 is 24.0 Å². The van der Waals surface area contributed by atoms with Gasteiger partial charge >= 0.3 is 0 Å². The fraction of sp³-hybridized carbons (Fsp3) is 0.889. The highest BCUT2D eigenvalue weighted by Gasteiger charge is 2.24. The lowest BCUT2D eigenvalue weighted by atomic mass is 9.93. The zero-order valence-corrected chi connectivity index (χ0v) is 18.4. The number of rotatable bonds is 6. The van der Waals surface area contributed by atoms with E-state index in [1.54, 1.807) is 7.05 Å². The summed E-state index contributed by atoms with van der Waals surface area (Å²) in [6.45, 7) is 11.8. The van der Waals surface area contributed by atoms with Gasteiger partial charge in [0.05, 0.1) is 0 Å². The minimum absolute atomic E-state index is 0. The van der Waals surface area contributed by atoms with E-state index in [9.17, 15) is 4.79 Å². The second-order valence-electron chi connectivity index (χ2n) is 7.05. The molecule has 2 aliphatic heterocycles. The molecule has 0 spiro atoms. The highest BCUT2D eigenvalue weighted by molar-refractivity contribution is 14.0. The lowest BCUT2D eigenvalue weighted by molar-refractivity contribution is -0.121. The summed E-state index contributed by atoms with van der Waals surface area (Å²) >= 11 is 0. The molecule has 2 fully saturated rings. The van der Waals surface area contributed by atoms with Gasteiger partial charge in [0.25, 0.3) is 0 Å². The molecule has 1 amide bonds. The van der Waals surface area contributed by atoms with E-state index in [0.29, 0.717) is 18.3 Å². The first-order valence-corrected chi connectivity index (χ1v) is 9.62. The van der Waals surface area contributed by atoms with E-state index >= 15 is 0 Å². The summed E-state index contributed by atoms with van der Waals surface area (Å²) in [6, 6.07) is 0. The van der Waals surface area contributed by atoms with Crippen molar-refractivity contribution in [2.45, 2.75) is 39.5 Å². The standard InChI is InChI=1S/C18H35N5O.HI/c1-4-20-18(21-13-16-6-9-22(5-2)14-16)23-10-7-15(8-11-23)12-17(24)19-3;/h15-16H,4-14H2,1-3H3,(H,19,24)(H,20,21);1H. The largest absolute Gasteiger partial charge is 0.359 e. The number of nitrogens with one attached hydrogen (secondary N) is 2.